The number of benzene rings is 1. The normalized spacial score (nSPS) is 18.2. The number of aryl methyl sites for hydroxylation is 2. The van der Waals surface area contributed by atoms with Crippen molar-refractivity contribution in [3.8, 4) is 0 Å². The third-order valence-corrected chi connectivity index (χ3v) is 2.73. The molecule has 2 rings (SSSR count). The molecule has 0 aromatic heterocycles. The van der Waals surface area contributed by atoms with Crippen LogP contribution in [0.25, 0.3) is 0 Å². The van der Waals surface area contributed by atoms with Gasteiger partial charge in [0.15, 0.2) is 5.79 Å². The smallest absolute Gasteiger partial charge is 0.190 e. The molecule has 2 nitrogen and oxygen atoms in total. The van der Waals surface area contributed by atoms with E-state index < -0.39 is 5.79 Å². The number of hydrogen-bond donors (Lipinski definition) is 2. The van der Waals surface area contributed by atoms with Crippen LogP contribution in [0.4, 0.5) is 0 Å². The molecule has 0 amide bonds. The Bertz CT molecular complexity index is 334. The summed E-state index contributed by atoms with van der Waals surface area (Å²) in [6.45, 7) is 1.92. The monoisotopic (exact) mass is 258 g/mol. The molecule has 2 N–H and O–H groups in total. The standard InChI is InChI=1S/C11H14O2.BrH/c1-8-4-2-5-9-6-3-7-11(12,13)10(8)9;/h2,4-5,12-13H,3,6-7H2,1H3;1H. The maximum Gasteiger partial charge on any atom is 0.190 e. The van der Waals surface area contributed by atoms with Gasteiger partial charge in [0.25, 0.3) is 0 Å². The molecule has 1 aromatic carbocycles. The van der Waals surface area contributed by atoms with E-state index in [1.165, 1.54) is 0 Å². The molecule has 1 aliphatic rings. The molecule has 0 saturated carbocycles. The molecule has 0 fully saturated rings. The van der Waals surface area contributed by atoms with E-state index in [0.717, 1.165) is 29.5 Å². The number of aliphatic hydroxyl groups is 2. The Hall–Kier alpha value is -0.380. The van der Waals surface area contributed by atoms with Gasteiger partial charge in [0, 0.05) is 12.0 Å². The Morgan fingerprint density at radius 3 is 2.64 bits per heavy atom. The van der Waals surface area contributed by atoms with Crippen LogP contribution in [0.5, 0.6) is 0 Å². The lowest BCUT2D eigenvalue weighted by molar-refractivity contribution is -0.179. The predicted octanol–water partition coefficient (Wildman–Crippen LogP) is 2.05. The minimum Gasteiger partial charge on any atom is -0.362 e. The van der Waals surface area contributed by atoms with Crippen LogP contribution in [0, 0.1) is 6.92 Å². The molecule has 14 heavy (non-hydrogen) atoms. The summed E-state index contributed by atoms with van der Waals surface area (Å²) < 4.78 is 0. The minimum absolute atomic E-state index is 0. The highest BCUT2D eigenvalue weighted by atomic mass is 79.9. The van der Waals surface area contributed by atoms with Gasteiger partial charge in [-0.15, -0.1) is 17.0 Å². The highest BCUT2D eigenvalue weighted by Gasteiger charge is 2.32. The number of rotatable bonds is 0. The van der Waals surface area contributed by atoms with Gasteiger partial charge < -0.3 is 10.2 Å². The molecule has 0 radical (unpaired) electrons. The van der Waals surface area contributed by atoms with Gasteiger partial charge in [-0.2, -0.15) is 0 Å². The van der Waals surface area contributed by atoms with Gasteiger partial charge in [0.2, 0.25) is 0 Å². The lowest BCUT2D eigenvalue weighted by Crippen LogP contribution is -2.31. The Morgan fingerprint density at radius 2 is 2.00 bits per heavy atom. The first-order chi connectivity index (χ1) is 6.11. The molecular formula is C11H15BrO2. The van der Waals surface area contributed by atoms with E-state index in [1.807, 2.05) is 25.1 Å². The van der Waals surface area contributed by atoms with Crippen molar-refractivity contribution in [3.63, 3.8) is 0 Å². The third-order valence-electron chi connectivity index (χ3n) is 2.73. The second kappa shape index (κ2) is 4.01. The maximum absolute atomic E-state index is 9.76. The van der Waals surface area contributed by atoms with Crippen LogP contribution in [0.1, 0.15) is 29.5 Å². The van der Waals surface area contributed by atoms with Crippen LogP contribution < -0.4 is 0 Å². The van der Waals surface area contributed by atoms with Crippen LogP contribution in [0.3, 0.4) is 0 Å². The molecule has 78 valence electrons. The van der Waals surface area contributed by atoms with Gasteiger partial charge in [-0.1, -0.05) is 18.2 Å². The molecule has 1 aliphatic carbocycles. The van der Waals surface area contributed by atoms with Gasteiger partial charge in [0.1, 0.15) is 0 Å². The average Bonchev–Trinajstić information content (AvgIpc) is 2.02. The highest BCUT2D eigenvalue weighted by molar-refractivity contribution is 8.93. The summed E-state index contributed by atoms with van der Waals surface area (Å²) in [6, 6.07) is 5.86. The van der Waals surface area contributed by atoms with Crippen LogP contribution in [-0.4, -0.2) is 10.2 Å². The number of fused-ring (bicyclic) bond motifs is 1. The fourth-order valence-corrected chi connectivity index (χ4v) is 2.16. The minimum atomic E-state index is -1.60. The first kappa shape index (κ1) is 11.7. The molecule has 3 heteroatoms. The van der Waals surface area contributed by atoms with Gasteiger partial charge >= 0.3 is 0 Å². The summed E-state index contributed by atoms with van der Waals surface area (Å²) in [4.78, 5) is 0. The third kappa shape index (κ3) is 1.85. The van der Waals surface area contributed by atoms with Crippen LogP contribution in [0.2, 0.25) is 0 Å². The fraction of sp³-hybridized carbons (Fsp3) is 0.455. The van der Waals surface area contributed by atoms with Crippen molar-refractivity contribution in [2.24, 2.45) is 0 Å². The van der Waals surface area contributed by atoms with Crippen molar-refractivity contribution in [1.82, 2.24) is 0 Å². The van der Waals surface area contributed by atoms with E-state index in [9.17, 15) is 10.2 Å². The van der Waals surface area contributed by atoms with Gasteiger partial charge in [-0.25, -0.2) is 0 Å². The second-order valence-corrected chi connectivity index (χ2v) is 3.78. The highest BCUT2D eigenvalue weighted by Crippen LogP contribution is 2.34. The molecule has 0 atom stereocenters. The van der Waals surface area contributed by atoms with E-state index >= 15 is 0 Å². The quantitative estimate of drug-likeness (QED) is 0.700. The summed E-state index contributed by atoms with van der Waals surface area (Å²) in [5.74, 6) is -1.60. The van der Waals surface area contributed by atoms with E-state index in [1.54, 1.807) is 0 Å². The Labute approximate surface area is 94.4 Å². The van der Waals surface area contributed by atoms with Gasteiger partial charge in [-0.05, 0) is 30.9 Å². The number of halogens is 1. The van der Waals surface area contributed by atoms with Crippen molar-refractivity contribution in [2.75, 3.05) is 0 Å². The summed E-state index contributed by atoms with van der Waals surface area (Å²) >= 11 is 0. The van der Waals surface area contributed by atoms with E-state index in [-0.39, 0.29) is 17.0 Å². The summed E-state index contributed by atoms with van der Waals surface area (Å²) in [7, 11) is 0. The second-order valence-electron chi connectivity index (χ2n) is 3.78. The van der Waals surface area contributed by atoms with E-state index in [4.69, 9.17) is 0 Å². The summed E-state index contributed by atoms with van der Waals surface area (Å²) in [5, 5.41) is 19.5. The van der Waals surface area contributed by atoms with E-state index in [2.05, 4.69) is 0 Å². The first-order valence-electron chi connectivity index (χ1n) is 4.65. The SMILES string of the molecule is Br.Cc1cccc2c1C(O)(O)CCC2. The van der Waals surface area contributed by atoms with E-state index in [0.29, 0.717) is 6.42 Å². The Kier molecular flexibility index (Phi) is 3.35. The van der Waals surface area contributed by atoms with Crippen molar-refractivity contribution in [2.45, 2.75) is 32.0 Å². The molecule has 0 saturated heterocycles. The molecule has 0 bridgehead atoms. The van der Waals surface area contributed by atoms with Crippen LogP contribution >= 0.6 is 17.0 Å². The van der Waals surface area contributed by atoms with Crippen molar-refractivity contribution < 1.29 is 10.2 Å². The molecule has 0 heterocycles. The zero-order valence-corrected chi connectivity index (χ0v) is 9.87. The zero-order valence-electron chi connectivity index (χ0n) is 8.16. The largest absolute Gasteiger partial charge is 0.362 e. The maximum atomic E-state index is 9.76. The molecule has 0 unspecified atom stereocenters. The van der Waals surface area contributed by atoms with Crippen molar-refractivity contribution >= 4 is 17.0 Å². The molecular weight excluding hydrogens is 244 g/mol. The van der Waals surface area contributed by atoms with Crippen molar-refractivity contribution in [1.29, 1.82) is 0 Å². The lowest BCUT2D eigenvalue weighted by Gasteiger charge is -2.30. The van der Waals surface area contributed by atoms with Gasteiger partial charge in [0.05, 0.1) is 0 Å². The summed E-state index contributed by atoms with van der Waals surface area (Å²) in [6.07, 6.45) is 2.26. The number of hydrogen-bond acceptors (Lipinski definition) is 2. The first-order valence-corrected chi connectivity index (χ1v) is 4.65. The van der Waals surface area contributed by atoms with Crippen LogP contribution in [0.15, 0.2) is 18.2 Å². The van der Waals surface area contributed by atoms with Crippen LogP contribution in [-0.2, 0) is 12.2 Å². The predicted molar refractivity (Wildman–Crippen MR) is 60.6 cm³/mol. The lowest BCUT2D eigenvalue weighted by atomic mass is 9.84. The Balaban J connectivity index is 0.000000980. The molecule has 1 aromatic rings. The van der Waals surface area contributed by atoms with Crippen molar-refractivity contribution in [3.05, 3.63) is 34.9 Å². The fourth-order valence-electron chi connectivity index (χ4n) is 2.16. The molecule has 0 spiro atoms. The topological polar surface area (TPSA) is 40.5 Å². The Morgan fingerprint density at radius 1 is 1.29 bits per heavy atom. The summed E-state index contributed by atoms with van der Waals surface area (Å²) in [5.41, 5.74) is 2.78. The van der Waals surface area contributed by atoms with Gasteiger partial charge in [-0.3, -0.25) is 0 Å². The molecule has 0 aliphatic heterocycles. The zero-order chi connectivity index (χ0) is 9.47. The average molecular weight is 259 g/mol.